The number of rotatable bonds is 5. The molecule has 3 rings (SSSR count). The topological polar surface area (TPSA) is 55.7 Å². The second kappa shape index (κ2) is 7.96. The molecule has 3 aromatic rings. The lowest BCUT2D eigenvalue weighted by Gasteiger charge is -2.12. The van der Waals surface area contributed by atoms with E-state index in [1.54, 1.807) is 31.5 Å². The molecule has 4 nitrogen and oxygen atoms in total. The molecule has 0 fully saturated rings. The van der Waals surface area contributed by atoms with Crippen molar-refractivity contribution >= 4 is 27.1 Å². The first-order valence-electron chi connectivity index (χ1n) is 8.63. The molecule has 0 heterocycles. The Morgan fingerprint density at radius 2 is 1.79 bits per heavy atom. The summed E-state index contributed by atoms with van der Waals surface area (Å²) >= 11 is 0. The predicted octanol–water partition coefficient (Wildman–Crippen LogP) is 5.13. The minimum Gasteiger partial charge on any atom is -0.296 e. The average molecular weight is 421 g/mol. The minimum absolute atomic E-state index is 0.328. The zero-order valence-electron chi connectivity index (χ0n) is 15.7. The zero-order chi connectivity index (χ0) is 21.2. The molecule has 0 aliphatic carbocycles. The summed E-state index contributed by atoms with van der Waals surface area (Å²) in [5.74, 6) is 0. The molecule has 8 heteroatoms. The highest BCUT2D eigenvalue weighted by Gasteiger charge is 2.31. The van der Waals surface area contributed by atoms with Gasteiger partial charge in [-0.05, 0) is 47.0 Å². The Hall–Kier alpha value is -2.71. The first kappa shape index (κ1) is 21.0. The van der Waals surface area contributed by atoms with Crippen LogP contribution >= 0.6 is 0 Å². The molecule has 0 radical (unpaired) electrons. The van der Waals surface area contributed by atoms with Crippen molar-refractivity contribution in [1.82, 2.24) is 0 Å². The summed E-state index contributed by atoms with van der Waals surface area (Å²) in [4.78, 5) is 3.76. The smallest absolute Gasteiger partial charge is 0.296 e. The van der Waals surface area contributed by atoms with Crippen LogP contribution in [0.4, 0.5) is 13.2 Å². The van der Waals surface area contributed by atoms with Gasteiger partial charge >= 0.3 is 6.18 Å². The van der Waals surface area contributed by atoms with Crippen molar-refractivity contribution < 1.29 is 25.8 Å². The van der Waals surface area contributed by atoms with Crippen molar-refractivity contribution in [2.24, 2.45) is 4.99 Å². The van der Waals surface area contributed by atoms with E-state index in [4.69, 9.17) is 0 Å². The number of halogens is 3. The quantitative estimate of drug-likeness (QED) is 0.424. The molecule has 0 aliphatic heterocycles. The summed E-state index contributed by atoms with van der Waals surface area (Å²) in [7, 11) is -2.85. The van der Waals surface area contributed by atoms with Crippen LogP contribution in [0.1, 0.15) is 11.1 Å². The van der Waals surface area contributed by atoms with Crippen LogP contribution in [0.25, 0.3) is 21.9 Å². The van der Waals surface area contributed by atoms with E-state index in [1.165, 1.54) is 12.1 Å². The zero-order valence-corrected chi connectivity index (χ0v) is 16.5. The molecule has 152 valence electrons. The molecule has 0 unspecified atom stereocenters. The van der Waals surface area contributed by atoms with Crippen LogP contribution in [0.15, 0.2) is 64.5 Å². The third-order valence-corrected chi connectivity index (χ3v) is 5.54. The number of hydrogen-bond acceptors (Lipinski definition) is 4. The molecule has 29 heavy (non-hydrogen) atoms. The monoisotopic (exact) mass is 421 g/mol. The lowest BCUT2D eigenvalue weighted by Crippen LogP contribution is -2.20. The van der Waals surface area contributed by atoms with Crippen molar-refractivity contribution in [1.29, 1.82) is 0 Å². The van der Waals surface area contributed by atoms with Crippen LogP contribution in [0.3, 0.4) is 0 Å². The second-order valence-electron chi connectivity index (χ2n) is 6.50. The van der Waals surface area contributed by atoms with Gasteiger partial charge in [0.25, 0.3) is 10.1 Å². The number of nitrogens with zero attached hydrogens (tertiary/aromatic N) is 1. The van der Waals surface area contributed by atoms with Gasteiger partial charge in [-0.1, -0.05) is 42.0 Å². The van der Waals surface area contributed by atoms with E-state index in [0.29, 0.717) is 5.39 Å². The largest absolute Gasteiger partial charge is 0.413 e. The van der Waals surface area contributed by atoms with Gasteiger partial charge in [-0.15, -0.1) is 0 Å². The Kier molecular flexibility index (Phi) is 5.77. The number of benzene rings is 3. The van der Waals surface area contributed by atoms with Crippen molar-refractivity contribution in [3.05, 3.63) is 65.7 Å². The van der Waals surface area contributed by atoms with Gasteiger partial charge < -0.3 is 0 Å². The summed E-state index contributed by atoms with van der Waals surface area (Å²) in [5.41, 5.74) is 3.75. The van der Waals surface area contributed by atoms with E-state index in [0.717, 1.165) is 27.6 Å². The maximum absolute atomic E-state index is 12.3. The maximum Gasteiger partial charge on any atom is 0.413 e. The molecule has 0 bridgehead atoms. The van der Waals surface area contributed by atoms with E-state index in [9.17, 15) is 21.6 Å². The standard InChI is InChI=1S/C21H18F3NO3S/c1-14-6-8-19(16(10-14)12-25-2)20-5-3-4-15-11-17(7-9-18(15)20)29(26,27)28-13-21(22,23)24/h3-12H,13H2,1-2H3. The van der Waals surface area contributed by atoms with Gasteiger partial charge in [0.15, 0.2) is 6.61 Å². The molecule has 0 amide bonds. The Bertz CT molecular complexity index is 1190. The van der Waals surface area contributed by atoms with Gasteiger partial charge in [0.1, 0.15) is 0 Å². The number of fused-ring (bicyclic) bond motifs is 1. The van der Waals surface area contributed by atoms with Crippen molar-refractivity contribution in [2.45, 2.75) is 18.0 Å². The number of alkyl halides is 3. The molecule has 0 atom stereocenters. The van der Waals surface area contributed by atoms with Crippen molar-refractivity contribution in [3.8, 4) is 11.1 Å². The molecule has 3 aromatic carbocycles. The van der Waals surface area contributed by atoms with Gasteiger partial charge in [0.2, 0.25) is 0 Å². The fraction of sp³-hybridized carbons (Fsp3) is 0.190. The Morgan fingerprint density at radius 3 is 2.48 bits per heavy atom. The lowest BCUT2D eigenvalue weighted by atomic mass is 9.94. The summed E-state index contributed by atoms with van der Waals surface area (Å²) in [5, 5.41) is 1.33. The Morgan fingerprint density at radius 1 is 1.03 bits per heavy atom. The molecule has 0 saturated heterocycles. The predicted molar refractivity (Wildman–Crippen MR) is 107 cm³/mol. The van der Waals surface area contributed by atoms with Crippen LogP contribution in [-0.4, -0.2) is 34.5 Å². The minimum atomic E-state index is -4.74. The van der Waals surface area contributed by atoms with Crippen LogP contribution in [0.2, 0.25) is 0 Å². The van der Waals surface area contributed by atoms with Crippen LogP contribution in [0.5, 0.6) is 0 Å². The van der Waals surface area contributed by atoms with E-state index < -0.39 is 22.9 Å². The summed E-state index contributed by atoms with van der Waals surface area (Å²) in [6.07, 6.45) is -3.00. The fourth-order valence-corrected chi connectivity index (χ4v) is 3.97. The lowest BCUT2D eigenvalue weighted by molar-refractivity contribution is -0.152. The molecular weight excluding hydrogens is 403 g/mol. The molecular formula is C21H18F3NO3S. The third-order valence-electron chi connectivity index (χ3n) is 4.28. The second-order valence-corrected chi connectivity index (χ2v) is 8.11. The molecule has 0 N–H and O–H groups in total. The Balaban J connectivity index is 2.09. The normalized spacial score (nSPS) is 12.7. The number of hydrogen-bond donors (Lipinski definition) is 0. The average Bonchev–Trinajstić information content (AvgIpc) is 2.66. The van der Waals surface area contributed by atoms with Gasteiger partial charge in [0, 0.05) is 18.8 Å². The highest BCUT2D eigenvalue weighted by atomic mass is 32.2. The molecule has 0 aliphatic rings. The van der Waals surface area contributed by atoms with Gasteiger partial charge in [-0.25, -0.2) is 0 Å². The van der Waals surface area contributed by atoms with Crippen LogP contribution < -0.4 is 0 Å². The van der Waals surface area contributed by atoms with Crippen LogP contribution in [-0.2, 0) is 14.3 Å². The third kappa shape index (κ3) is 4.83. The summed E-state index contributed by atoms with van der Waals surface area (Å²) in [6, 6.07) is 15.4. The number of aliphatic imine (C=N–C) groups is 1. The molecule has 0 aromatic heterocycles. The summed E-state index contributed by atoms with van der Waals surface area (Å²) < 4.78 is 65.3. The summed E-state index contributed by atoms with van der Waals surface area (Å²) in [6.45, 7) is 0.106. The number of aryl methyl sites for hydroxylation is 1. The van der Waals surface area contributed by atoms with E-state index in [1.807, 2.05) is 31.2 Å². The maximum atomic E-state index is 12.3. The fourth-order valence-electron chi connectivity index (χ4n) is 3.04. The van der Waals surface area contributed by atoms with E-state index >= 15 is 0 Å². The van der Waals surface area contributed by atoms with Gasteiger partial charge in [0.05, 0.1) is 4.90 Å². The van der Waals surface area contributed by atoms with Crippen molar-refractivity contribution in [2.75, 3.05) is 13.7 Å². The molecule has 0 saturated carbocycles. The van der Waals surface area contributed by atoms with Crippen molar-refractivity contribution in [3.63, 3.8) is 0 Å². The van der Waals surface area contributed by atoms with Gasteiger partial charge in [-0.2, -0.15) is 21.6 Å². The first-order valence-corrected chi connectivity index (χ1v) is 10.0. The van der Waals surface area contributed by atoms with E-state index in [-0.39, 0.29) is 4.90 Å². The Labute approximate surface area is 166 Å². The molecule has 0 spiro atoms. The van der Waals surface area contributed by atoms with Gasteiger partial charge in [-0.3, -0.25) is 9.18 Å². The van der Waals surface area contributed by atoms with Crippen LogP contribution in [0, 0.1) is 6.92 Å². The van der Waals surface area contributed by atoms with E-state index in [2.05, 4.69) is 9.18 Å². The highest BCUT2D eigenvalue weighted by Crippen LogP contribution is 2.33. The SMILES string of the molecule is CN=Cc1cc(C)ccc1-c1cccc2cc(S(=O)(=O)OCC(F)(F)F)ccc12. The highest BCUT2D eigenvalue weighted by molar-refractivity contribution is 7.86. The first-order chi connectivity index (χ1) is 13.6.